The smallest absolute Gasteiger partial charge is 0.492 e. The largest absolute Gasteiger partial charge is 0.497 e. The van der Waals surface area contributed by atoms with Gasteiger partial charge in [-0.05, 0) is 51.4 Å². The Hall–Kier alpha value is -1.63. The lowest BCUT2D eigenvalue weighted by atomic mass is 9.75. The van der Waals surface area contributed by atoms with Crippen molar-refractivity contribution in [2.45, 2.75) is 38.9 Å². The maximum Gasteiger partial charge on any atom is 0.492 e. The molecule has 1 heterocycles. The van der Waals surface area contributed by atoms with Crippen molar-refractivity contribution < 1.29 is 19.5 Å². The van der Waals surface area contributed by atoms with E-state index in [4.69, 9.17) is 9.39 Å². The van der Waals surface area contributed by atoms with Crippen LogP contribution in [0.25, 0.3) is 10.9 Å². The summed E-state index contributed by atoms with van der Waals surface area (Å²) in [6, 6.07) is 7.15. The van der Waals surface area contributed by atoms with Crippen molar-refractivity contribution in [3.63, 3.8) is 0 Å². The van der Waals surface area contributed by atoms with E-state index < -0.39 is 18.3 Å². The van der Waals surface area contributed by atoms with E-state index in [9.17, 15) is 10.1 Å². The van der Waals surface area contributed by atoms with Gasteiger partial charge >= 0.3 is 7.12 Å². The highest BCUT2D eigenvalue weighted by Gasteiger charge is 2.39. The van der Waals surface area contributed by atoms with E-state index in [1.807, 2.05) is 6.07 Å². The lowest BCUT2D eigenvalue weighted by Gasteiger charge is -2.38. The number of rotatable bonds is 5. The third-order valence-electron chi connectivity index (χ3n) is 4.13. The molecule has 0 unspecified atom stereocenters. The Morgan fingerprint density at radius 3 is 2.41 bits per heavy atom. The van der Waals surface area contributed by atoms with Gasteiger partial charge < -0.3 is 19.5 Å². The van der Waals surface area contributed by atoms with Gasteiger partial charge in [-0.1, -0.05) is 0 Å². The van der Waals surface area contributed by atoms with E-state index >= 15 is 0 Å². The minimum atomic E-state index is -1.17. The van der Waals surface area contributed by atoms with Gasteiger partial charge in [-0.3, -0.25) is 4.98 Å². The molecule has 0 radical (unpaired) electrons. The molecule has 2 rings (SSSR count). The predicted octanol–water partition coefficient (Wildman–Crippen LogP) is 1.50. The lowest BCUT2D eigenvalue weighted by molar-refractivity contribution is -0.0982. The van der Waals surface area contributed by atoms with Crippen molar-refractivity contribution in [3.05, 3.63) is 30.5 Å². The van der Waals surface area contributed by atoms with Crippen LogP contribution in [0.5, 0.6) is 5.75 Å². The van der Waals surface area contributed by atoms with E-state index in [2.05, 4.69) is 4.98 Å². The zero-order chi connectivity index (χ0) is 16.5. The number of hydrogen-bond donors (Lipinski definition) is 2. The first kappa shape index (κ1) is 16.7. The highest BCUT2D eigenvalue weighted by Crippen LogP contribution is 2.26. The molecule has 118 valence electrons. The fraction of sp³-hybridized carbons (Fsp3) is 0.438. The minimum absolute atomic E-state index is 0.602. The molecular weight excluding hydrogens is 281 g/mol. The van der Waals surface area contributed by atoms with Gasteiger partial charge in [0.05, 0.1) is 23.8 Å². The molecular formula is C16H22BNO4. The third kappa shape index (κ3) is 3.24. The summed E-state index contributed by atoms with van der Waals surface area (Å²) in [5, 5.41) is 21.4. The Balaban J connectivity index is 2.38. The first-order chi connectivity index (χ1) is 10.2. The minimum Gasteiger partial charge on any atom is -0.497 e. The number of methoxy groups -OCH3 is 1. The molecule has 0 aliphatic heterocycles. The van der Waals surface area contributed by atoms with Crippen LogP contribution in [0.15, 0.2) is 30.5 Å². The monoisotopic (exact) mass is 303 g/mol. The molecule has 1 aromatic heterocycles. The van der Waals surface area contributed by atoms with Crippen molar-refractivity contribution >= 4 is 23.5 Å². The van der Waals surface area contributed by atoms with Crippen LogP contribution in [0.4, 0.5) is 0 Å². The molecule has 22 heavy (non-hydrogen) atoms. The Morgan fingerprint density at radius 2 is 1.82 bits per heavy atom. The summed E-state index contributed by atoms with van der Waals surface area (Å²) in [6.45, 7) is 6.77. The second kappa shape index (κ2) is 5.87. The van der Waals surface area contributed by atoms with Gasteiger partial charge in [0.2, 0.25) is 0 Å². The van der Waals surface area contributed by atoms with E-state index in [1.165, 1.54) is 0 Å². The van der Waals surface area contributed by atoms with Crippen molar-refractivity contribution in [2.24, 2.45) is 0 Å². The van der Waals surface area contributed by atoms with Crippen LogP contribution in [-0.2, 0) is 4.65 Å². The summed E-state index contributed by atoms with van der Waals surface area (Å²) < 4.78 is 10.9. The molecule has 1 aromatic carbocycles. The number of ether oxygens (including phenoxy) is 1. The molecule has 0 spiro atoms. The number of benzene rings is 1. The SMILES string of the molecule is COc1ccc2c(B(O)OC(C)(C)C(C)(C)O)ccnc2c1. The number of aliphatic hydroxyl groups is 1. The van der Waals surface area contributed by atoms with Gasteiger partial charge in [0.1, 0.15) is 5.75 Å². The third-order valence-corrected chi connectivity index (χ3v) is 4.13. The fourth-order valence-corrected chi connectivity index (χ4v) is 1.98. The lowest BCUT2D eigenvalue weighted by Crippen LogP contribution is -2.53. The summed E-state index contributed by atoms with van der Waals surface area (Å²) in [6.07, 6.45) is 1.61. The second-order valence-electron chi connectivity index (χ2n) is 6.32. The highest BCUT2D eigenvalue weighted by molar-refractivity contribution is 6.63. The number of aromatic nitrogens is 1. The molecule has 2 aromatic rings. The Bertz CT molecular complexity index is 667. The standard InChI is InChI=1S/C16H22BNO4/c1-15(2,19)16(3,4)22-17(20)13-8-9-18-14-10-11(21-5)6-7-12(13)14/h6-10,19-20H,1-5H3. The summed E-state index contributed by atoms with van der Waals surface area (Å²) >= 11 is 0. The van der Waals surface area contributed by atoms with Crippen LogP contribution in [0, 0.1) is 0 Å². The van der Waals surface area contributed by atoms with E-state index in [1.54, 1.807) is 59.2 Å². The normalized spacial score (nSPS) is 12.5. The van der Waals surface area contributed by atoms with Crippen LogP contribution in [-0.4, -0.2) is 40.5 Å². The van der Waals surface area contributed by atoms with Crippen LogP contribution >= 0.6 is 0 Å². The first-order valence-electron chi connectivity index (χ1n) is 7.16. The molecule has 0 aliphatic carbocycles. The average Bonchev–Trinajstić information content (AvgIpc) is 2.44. The number of fused-ring (bicyclic) bond motifs is 1. The van der Waals surface area contributed by atoms with Crippen LogP contribution in [0.1, 0.15) is 27.7 Å². The van der Waals surface area contributed by atoms with Gasteiger partial charge in [0, 0.05) is 17.6 Å². The van der Waals surface area contributed by atoms with Gasteiger partial charge in [-0.25, -0.2) is 0 Å². The molecule has 0 bridgehead atoms. The molecule has 6 heteroatoms. The van der Waals surface area contributed by atoms with Crippen LogP contribution in [0.2, 0.25) is 0 Å². The molecule has 5 nitrogen and oxygen atoms in total. The maximum atomic E-state index is 10.5. The Kier molecular flexibility index (Phi) is 4.47. The zero-order valence-corrected chi connectivity index (χ0v) is 13.6. The topological polar surface area (TPSA) is 71.8 Å². The Labute approximate surface area is 131 Å². The van der Waals surface area contributed by atoms with Crippen LogP contribution < -0.4 is 10.2 Å². The molecule has 0 saturated carbocycles. The van der Waals surface area contributed by atoms with Gasteiger partial charge in [0.15, 0.2) is 0 Å². The predicted molar refractivity (Wildman–Crippen MR) is 87.4 cm³/mol. The van der Waals surface area contributed by atoms with E-state index in [0.29, 0.717) is 16.7 Å². The quantitative estimate of drug-likeness (QED) is 0.819. The number of hydrogen-bond acceptors (Lipinski definition) is 5. The van der Waals surface area contributed by atoms with Gasteiger partial charge in [-0.2, -0.15) is 0 Å². The highest BCUT2D eigenvalue weighted by atomic mass is 16.5. The van der Waals surface area contributed by atoms with Crippen LogP contribution in [0.3, 0.4) is 0 Å². The molecule has 0 saturated heterocycles. The van der Waals surface area contributed by atoms with Gasteiger partial charge in [0.25, 0.3) is 0 Å². The average molecular weight is 303 g/mol. The summed E-state index contributed by atoms with van der Waals surface area (Å²) in [5.74, 6) is 0.698. The summed E-state index contributed by atoms with van der Waals surface area (Å²) in [4.78, 5) is 4.28. The number of pyridine rings is 1. The van der Waals surface area contributed by atoms with Crippen molar-refractivity contribution in [3.8, 4) is 5.75 Å². The zero-order valence-electron chi connectivity index (χ0n) is 13.6. The molecule has 0 fully saturated rings. The number of nitrogens with zero attached hydrogens (tertiary/aromatic N) is 1. The molecule has 0 atom stereocenters. The van der Waals surface area contributed by atoms with Crippen molar-refractivity contribution in [2.75, 3.05) is 7.11 Å². The summed E-state index contributed by atoms with van der Waals surface area (Å²) in [5.41, 5.74) is -0.709. The maximum absolute atomic E-state index is 10.5. The van der Waals surface area contributed by atoms with E-state index in [0.717, 1.165) is 5.39 Å². The second-order valence-corrected chi connectivity index (χ2v) is 6.32. The van der Waals surface area contributed by atoms with Crippen molar-refractivity contribution in [1.82, 2.24) is 4.98 Å². The molecule has 2 N–H and O–H groups in total. The first-order valence-corrected chi connectivity index (χ1v) is 7.16. The Morgan fingerprint density at radius 1 is 1.14 bits per heavy atom. The van der Waals surface area contributed by atoms with Crippen molar-refractivity contribution in [1.29, 1.82) is 0 Å². The molecule has 0 aliphatic rings. The fourth-order valence-electron chi connectivity index (χ4n) is 1.98. The summed E-state index contributed by atoms with van der Waals surface area (Å²) in [7, 11) is 0.426. The molecule has 0 amide bonds. The van der Waals surface area contributed by atoms with Gasteiger partial charge in [-0.15, -0.1) is 0 Å². The van der Waals surface area contributed by atoms with E-state index in [-0.39, 0.29) is 0 Å².